The molecule has 0 spiro atoms. The predicted molar refractivity (Wildman–Crippen MR) is 126 cm³/mol. The topological polar surface area (TPSA) is 112 Å². The number of nitrogens with zero attached hydrogens (tertiary/aromatic N) is 2. The summed E-state index contributed by atoms with van der Waals surface area (Å²) >= 11 is 6.55. The summed E-state index contributed by atoms with van der Waals surface area (Å²) in [5.74, 6) is 0.781. The smallest absolute Gasteiger partial charge is 0.309 e. The molecule has 4 bridgehead atoms. The summed E-state index contributed by atoms with van der Waals surface area (Å²) in [6.07, 6.45) is 5.73. The minimum absolute atomic E-state index is 0.0383. The number of ether oxygens (including phenoxy) is 3. The Bertz CT molecular complexity index is 1160. The molecule has 4 aliphatic rings. The van der Waals surface area contributed by atoms with E-state index in [1.165, 1.54) is 32.2 Å². The lowest BCUT2D eigenvalue weighted by molar-refractivity contribution is -0.168. The summed E-state index contributed by atoms with van der Waals surface area (Å²) in [7, 11) is 4.55. The van der Waals surface area contributed by atoms with E-state index in [2.05, 4.69) is 10.4 Å². The molecule has 0 aliphatic heterocycles. The fourth-order valence-electron chi connectivity index (χ4n) is 6.88. The summed E-state index contributed by atoms with van der Waals surface area (Å²) in [6.45, 7) is 0. The number of rotatable bonds is 7. The molecule has 4 aliphatic carbocycles. The van der Waals surface area contributed by atoms with Crippen molar-refractivity contribution in [1.82, 2.24) is 9.78 Å². The fraction of sp³-hybridized carbons (Fsp3) is 0.542. The molecule has 6 rings (SSSR count). The first-order valence-electron chi connectivity index (χ1n) is 11.4. The fourth-order valence-corrected chi connectivity index (χ4v) is 7.06. The average Bonchev–Trinajstić information content (AvgIpc) is 2.80. The second-order valence-corrected chi connectivity index (χ2v) is 10.0. The molecular weight excluding hydrogens is 462 g/mol. The highest BCUT2D eigenvalue weighted by Gasteiger charge is 2.61. The quantitative estimate of drug-likeness (QED) is 0.602. The van der Waals surface area contributed by atoms with E-state index >= 15 is 0 Å². The van der Waals surface area contributed by atoms with Crippen LogP contribution in [-0.4, -0.2) is 42.2 Å². The predicted octanol–water partition coefficient (Wildman–Crippen LogP) is 3.90. The number of anilines is 2. The SMILES string of the molecule is COc1cc(Nc2cnn(C34CC5CC(CC(C5)C3C(=O)O)C4)c(=O)c2Cl)cc(OC)c1OC. The molecule has 2 N–H and O–H groups in total. The van der Waals surface area contributed by atoms with Gasteiger partial charge in [-0.15, -0.1) is 0 Å². The van der Waals surface area contributed by atoms with E-state index in [9.17, 15) is 14.7 Å². The lowest BCUT2D eigenvalue weighted by Gasteiger charge is -2.59. The number of methoxy groups -OCH3 is 3. The Morgan fingerprint density at radius 2 is 1.74 bits per heavy atom. The van der Waals surface area contributed by atoms with E-state index in [1.807, 2.05) is 0 Å². The lowest BCUT2D eigenvalue weighted by Crippen LogP contribution is -2.63. The first-order valence-corrected chi connectivity index (χ1v) is 11.8. The van der Waals surface area contributed by atoms with Crippen molar-refractivity contribution in [2.75, 3.05) is 26.6 Å². The first kappa shape index (κ1) is 22.8. The highest BCUT2D eigenvalue weighted by molar-refractivity contribution is 6.33. The zero-order valence-electron chi connectivity index (χ0n) is 19.3. The minimum Gasteiger partial charge on any atom is -0.493 e. The molecule has 10 heteroatoms. The van der Waals surface area contributed by atoms with E-state index < -0.39 is 23.0 Å². The van der Waals surface area contributed by atoms with Gasteiger partial charge in [-0.2, -0.15) is 5.10 Å². The van der Waals surface area contributed by atoms with Crippen molar-refractivity contribution < 1.29 is 24.1 Å². The van der Waals surface area contributed by atoms with Gasteiger partial charge in [0.25, 0.3) is 5.56 Å². The van der Waals surface area contributed by atoms with Crippen LogP contribution in [0.15, 0.2) is 23.1 Å². The third-order valence-electron chi connectivity index (χ3n) is 7.82. The Kier molecular flexibility index (Phi) is 5.62. The molecule has 4 saturated carbocycles. The van der Waals surface area contributed by atoms with Crippen LogP contribution in [0.5, 0.6) is 17.2 Å². The number of hydrogen-bond acceptors (Lipinski definition) is 7. The monoisotopic (exact) mass is 489 g/mol. The number of carboxylic acids is 1. The Hall–Kier alpha value is -2.94. The highest BCUT2D eigenvalue weighted by Crippen LogP contribution is 2.61. The number of aliphatic carboxylic acids is 1. The maximum absolute atomic E-state index is 13.5. The normalized spacial score (nSPS) is 29.1. The molecule has 3 unspecified atom stereocenters. The summed E-state index contributed by atoms with van der Waals surface area (Å²) in [5.41, 5.74) is -0.429. The van der Waals surface area contributed by atoms with Crippen LogP contribution in [0.2, 0.25) is 5.02 Å². The van der Waals surface area contributed by atoms with Crippen molar-refractivity contribution in [3.63, 3.8) is 0 Å². The third kappa shape index (κ3) is 3.40. The molecule has 34 heavy (non-hydrogen) atoms. The minimum atomic E-state index is -0.853. The molecule has 4 fully saturated rings. The number of carboxylic acid groups (broad SMARTS) is 1. The number of halogens is 1. The van der Waals surface area contributed by atoms with E-state index in [4.69, 9.17) is 25.8 Å². The van der Waals surface area contributed by atoms with Gasteiger partial charge in [0, 0.05) is 17.8 Å². The van der Waals surface area contributed by atoms with E-state index in [0.29, 0.717) is 53.3 Å². The van der Waals surface area contributed by atoms with Crippen LogP contribution >= 0.6 is 11.6 Å². The molecule has 3 atom stereocenters. The van der Waals surface area contributed by atoms with Gasteiger partial charge in [0.05, 0.1) is 44.7 Å². The summed E-state index contributed by atoms with van der Waals surface area (Å²) in [5, 5.41) is 17.7. The maximum Gasteiger partial charge on any atom is 0.309 e. The van der Waals surface area contributed by atoms with Crippen LogP contribution in [0.3, 0.4) is 0 Å². The summed E-state index contributed by atoms with van der Waals surface area (Å²) < 4.78 is 17.5. The molecule has 0 radical (unpaired) electrons. The molecule has 9 nitrogen and oxygen atoms in total. The van der Waals surface area contributed by atoms with Gasteiger partial charge in [0.15, 0.2) is 11.5 Å². The van der Waals surface area contributed by atoms with Crippen molar-refractivity contribution in [2.24, 2.45) is 23.7 Å². The van der Waals surface area contributed by atoms with Crippen molar-refractivity contribution in [2.45, 2.75) is 37.6 Å². The average molecular weight is 490 g/mol. The zero-order chi connectivity index (χ0) is 24.2. The molecule has 2 aromatic rings. The van der Waals surface area contributed by atoms with Crippen LogP contribution in [-0.2, 0) is 10.3 Å². The van der Waals surface area contributed by atoms with Gasteiger partial charge in [-0.25, -0.2) is 4.68 Å². The van der Waals surface area contributed by atoms with Crippen LogP contribution in [0.4, 0.5) is 11.4 Å². The number of nitrogens with one attached hydrogen (secondary N) is 1. The number of carbonyl (C=O) groups is 1. The molecule has 182 valence electrons. The molecule has 1 aromatic heterocycles. The zero-order valence-corrected chi connectivity index (χ0v) is 20.1. The second-order valence-electron chi connectivity index (χ2n) is 9.66. The van der Waals surface area contributed by atoms with E-state index in [1.54, 1.807) is 12.1 Å². The largest absolute Gasteiger partial charge is 0.493 e. The lowest BCUT2D eigenvalue weighted by atomic mass is 9.48. The van der Waals surface area contributed by atoms with E-state index in [-0.39, 0.29) is 10.9 Å². The molecule has 0 saturated heterocycles. The van der Waals surface area contributed by atoms with Crippen LogP contribution < -0.4 is 25.1 Å². The van der Waals surface area contributed by atoms with Crippen molar-refractivity contribution >= 4 is 28.9 Å². The number of benzene rings is 1. The van der Waals surface area contributed by atoms with Gasteiger partial charge < -0.3 is 24.6 Å². The van der Waals surface area contributed by atoms with Crippen LogP contribution in [0.1, 0.15) is 32.1 Å². The standard InChI is InChI=1S/C24H28ClN3O6/c1-32-17-7-15(8-18(33-2)21(17)34-3)27-16-11-26-28(22(29)20(16)25)24-9-12-4-13(10-24)6-14(5-12)19(24)23(30)31/h7-8,11-14,19,27H,4-6,9-10H2,1-3H3,(H,30,31). The third-order valence-corrected chi connectivity index (χ3v) is 8.19. The van der Waals surface area contributed by atoms with Crippen LogP contribution in [0.25, 0.3) is 0 Å². The van der Waals surface area contributed by atoms with Crippen LogP contribution in [0, 0.1) is 23.7 Å². The molecule has 0 amide bonds. The van der Waals surface area contributed by atoms with Gasteiger partial charge in [0.2, 0.25) is 5.75 Å². The van der Waals surface area contributed by atoms with E-state index in [0.717, 1.165) is 19.3 Å². The van der Waals surface area contributed by atoms with Crippen molar-refractivity contribution in [3.8, 4) is 17.2 Å². The van der Waals surface area contributed by atoms with Gasteiger partial charge in [0.1, 0.15) is 5.02 Å². The highest BCUT2D eigenvalue weighted by atomic mass is 35.5. The molecule has 1 heterocycles. The maximum atomic E-state index is 13.5. The van der Waals surface area contributed by atoms with Crippen molar-refractivity contribution in [3.05, 3.63) is 33.7 Å². The molecule has 1 aromatic carbocycles. The van der Waals surface area contributed by atoms with Gasteiger partial charge in [-0.3, -0.25) is 9.59 Å². The number of hydrogen-bond donors (Lipinski definition) is 2. The summed E-state index contributed by atoms with van der Waals surface area (Å²) in [6, 6.07) is 3.39. The Morgan fingerprint density at radius 3 is 2.26 bits per heavy atom. The first-order chi connectivity index (χ1) is 16.3. The Labute approximate surface area is 202 Å². The molecular formula is C24H28ClN3O6. The Balaban J connectivity index is 1.53. The van der Waals surface area contributed by atoms with Gasteiger partial charge in [-0.05, 0) is 49.9 Å². The number of aromatic nitrogens is 2. The Morgan fingerprint density at radius 1 is 1.12 bits per heavy atom. The van der Waals surface area contributed by atoms with Crippen molar-refractivity contribution in [1.29, 1.82) is 0 Å². The second kappa shape index (κ2) is 8.37. The van der Waals surface area contributed by atoms with Gasteiger partial charge in [-0.1, -0.05) is 11.6 Å². The summed E-state index contributed by atoms with van der Waals surface area (Å²) in [4.78, 5) is 25.8. The van der Waals surface area contributed by atoms with Gasteiger partial charge >= 0.3 is 5.97 Å².